The van der Waals surface area contributed by atoms with Gasteiger partial charge in [0.1, 0.15) is 0 Å². The molecule has 2 aromatic heterocycles. The average Bonchev–Trinajstić information content (AvgIpc) is 3.22. The van der Waals surface area contributed by atoms with Gasteiger partial charge in [-0.15, -0.1) is 0 Å². The molecule has 1 unspecified atom stereocenters. The zero-order chi connectivity index (χ0) is 16.9. The van der Waals surface area contributed by atoms with E-state index in [0.29, 0.717) is 36.5 Å². The van der Waals surface area contributed by atoms with Crippen LogP contribution in [0.4, 0.5) is 0 Å². The van der Waals surface area contributed by atoms with E-state index in [2.05, 4.69) is 43.3 Å². The van der Waals surface area contributed by atoms with Gasteiger partial charge in [-0.05, 0) is 20.0 Å². The number of halogens is 1. The molecule has 0 aliphatic heterocycles. The lowest BCUT2D eigenvalue weighted by Gasteiger charge is -2.04. The molecule has 0 spiro atoms. The van der Waals surface area contributed by atoms with Crippen molar-refractivity contribution in [3.05, 3.63) is 52.5 Å². The highest BCUT2D eigenvalue weighted by molar-refractivity contribution is 9.10. The molecule has 0 saturated heterocycles. The number of hydrogen-bond acceptors (Lipinski definition) is 6. The van der Waals surface area contributed by atoms with Crippen LogP contribution in [-0.2, 0) is 19.3 Å². The zero-order valence-electron chi connectivity index (χ0n) is 13.6. The van der Waals surface area contributed by atoms with Crippen LogP contribution >= 0.6 is 15.9 Å². The van der Waals surface area contributed by atoms with E-state index < -0.39 is 0 Å². The molecule has 0 fully saturated rings. The van der Waals surface area contributed by atoms with Crippen molar-refractivity contribution in [1.82, 2.24) is 20.4 Å². The van der Waals surface area contributed by atoms with Crippen LogP contribution in [-0.4, -0.2) is 28.2 Å². The third-order valence-electron chi connectivity index (χ3n) is 3.74. The number of likely N-dealkylation sites (N-methyl/N-ethyl adjacent to an activating group) is 1. The van der Waals surface area contributed by atoms with Gasteiger partial charge in [0, 0.05) is 35.3 Å². The van der Waals surface area contributed by atoms with Crippen LogP contribution in [0.2, 0.25) is 0 Å². The number of nitrogens with zero attached hydrogens (tertiary/aromatic N) is 3. The molecule has 126 valence electrons. The van der Waals surface area contributed by atoms with E-state index in [1.54, 1.807) is 6.20 Å². The molecular formula is C17H19BrN4O2. The topological polar surface area (TPSA) is 77.0 Å². The van der Waals surface area contributed by atoms with Crippen LogP contribution < -0.4 is 5.32 Å². The van der Waals surface area contributed by atoms with Gasteiger partial charge in [-0.1, -0.05) is 39.3 Å². The molecule has 0 saturated carbocycles. The van der Waals surface area contributed by atoms with Gasteiger partial charge >= 0.3 is 0 Å². The number of benzene rings is 1. The molecule has 0 aliphatic rings. The number of aryl methyl sites for hydroxylation is 2. The molecule has 24 heavy (non-hydrogen) atoms. The smallest absolute Gasteiger partial charge is 0.227 e. The summed E-state index contributed by atoms with van der Waals surface area (Å²) in [5.74, 6) is 2.72. The minimum atomic E-state index is 0.314. The summed E-state index contributed by atoms with van der Waals surface area (Å²) in [7, 11) is 1.91. The number of aromatic nitrogens is 3. The standard InChI is InChI=1S/C17H19BrN4O2/c1-11(19-2)9-15-21-17(24-22-15)8-7-16-20-10-14(23-16)12-5-3-4-6-13(12)18/h3-6,10-11,19H,7-9H2,1-2H3. The van der Waals surface area contributed by atoms with Gasteiger partial charge in [-0.2, -0.15) is 4.98 Å². The van der Waals surface area contributed by atoms with Crippen molar-refractivity contribution in [3.63, 3.8) is 0 Å². The van der Waals surface area contributed by atoms with Crippen molar-refractivity contribution in [2.75, 3.05) is 7.05 Å². The Morgan fingerprint density at radius 1 is 1.21 bits per heavy atom. The van der Waals surface area contributed by atoms with Gasteiger partial charge in [0.05, 0.1) is 6.20 Å². The predicted molar refractivity (Wildman–Crippen MR) is 93.6 cm³/mol. The Balaban J connectivity index is 1.61. The van der Waals surface area contributed by atoms with E-state index in [1.165, 1.54) is 0 Å². The van der Waals surface area contributed by atoms with Crippen LogP contribution in [0.3, 0.4) is 0 Å². The number of nitrogens with one attached hydrogen (secondary N) is 1. The molecule has 1 atom stereocenters. The second kappa shape index (κ2) is 7.72. The first kappa shape index (κ1) is 16.9. The first-order chi connectivity index (χ1) is 11.7. The fourth-order valence-corrected chi connectivity index (χ4v) is 2.76. The van der Waals surface area contributed by atoms with E-state index >= 15 is 0 Å². The van der Waals surface area contributed by atoms with Gasteiger partial charge in [0.15, 0.2) is 17.5 Å². The first-order valence-electron chi connectivity index (χ1n) is 7.84. The number of oxazole rings is 1. The van der Waals surface area contributed by atoms with Crippen molar-refractivity contribution in [1.29, 1.82) is 0 Å². The minimum absolute atomic E-state index is 0.314. The largest absolute Gasteiger partial charge is 0.441 e. The van der Waals surface area contributed by atoms with Gasteiger partial charge in [0.25, 0.3) is 0 Å². The predicted octanol–water partition coefficient (Wildman–Crippen LogP) is 3.42. The summed E-state index contributed by atoms with van der Waals surface area (Å²) in [5, 5.41) is 7.15. The fraction of sp³-hybridized carbons (Fsp3) is 0.353. The number of hydrogen-bond donors (Lipinski definition) is 1. The second-order valence-electron chi connectivity index (χ2n) is 5.60. The van der Waals surface area contributed by atoms with Crippen molar-refractivity contribution < 1.29 is 8.94 Å². The third-order valence-corrected chi connectivity index (χ3v) is 4.43. The molecule has 0 radical (unpaired) electrons. The van der Waals surface area contributed by atoms with Gasteiger partial charge in [-0.25, -0.2) is 4.98 Å². The van der Waals surface area contributed by atoms with Gasteiger partial charge in [0.2, 0.25) is 5.89 Å². The molecule has 3 rings (SSSR count). The molecule has 6 nitrogen and oxygen atoms in total. The van der Waals surface area contributed by atoms with Crippen LogP contribution in [0, 0.1) is 0 Å². The summed E-state index contributed by atoms with van der Waals surface area (Å²) >= 11 is 3.52. The first-order valence-corrected chi connectivity index (χ1v) is 8.63. The maximum Gasteiger partial charge on any atom is 0.227 e. The van der Waals surface area contributed by atoms with Crippen LogP contribution in [0.5, 0.6) is 0 Å². The fourth-order valence-electron chi connectivity index (χ4n) is 2.28. The maximum atomic E-state index is 5.82. The lowest BCUT2D eigenvalue weighted by molar-refractivity contribution is 0.366. The summed E-state index contributed by atoms with van der Waals surface area (Å²) in [4.78, 5) is 8.73. The normalized spacial score (nSPS) is 12.5. The Kier molecular flexibility index (Phi) is 5.42. The summed E-state index contributed by atoms with van der Waals surface area (Å²) in [6.45, 7) is 2.08. The Labute approximate surface area is 148 Å². The lowest BCUT2D eigenvalue weighted by atomic mass is 10.2. The Hall–Kier alpha value is -1.99. The van der Waals surface area contributed by atoms with Crippen LogP contribution in [0.25, 0.3) is 11.3 Å². The van der Waals surface area contributed by atoms with E-state index in [9.17, 15) is 0 Å². The Morgan fingerprint density at radius 3 is 2.79 bits per heavy atom. The molecule has 2 heterocycles. The zero-order valence-corrected chi connectivity index (χ0v) is 15.2. The monoisotopic (exact) mass is 390 g/mol. The van der Waals surface area contributed by atoms with E-state index in [-0.39, 0.29) is 0 Å². The SMILES string of the molecule is CNC(C)Cc1noc(CCc2ncc(-c3ccccc3Br)o2)n1. The van der Waals surface area contributed by atoms with Crippen molar-refractivity contribution >= 4 is 15.9 Å². The van der Waals surface area contributed by atoms with Crippen molar-refractivity contribution in [2.24, 2.45) is 0 Å². The molecule has 7 heteroatoms. The average molecular weight is 391 g/mol. The molecular weight excluding hydrogens is 372 g/mol. The Bertz CT molecular complexity index is 799. The molecule has 0 bridgehead atoms. The lowest BCUT2D eigenvalue weighted by Crippen LogP contribution is -2.24. The quantitative estimate of drug-likeness (QED) is 0.665. The molecule has 0 aliphatic carbocycles. The van der Waals surface area contributed by atoms with Gasteiger partial charge < -0.3 is 14.3 Å². The highest BCUT2D eigenvalue weighted by atomic mass is 79.9. The highest BCUT2D eigenvalue weighted by Crippen LogP contribution is 2.28. The van der Waals surface area contributed by atoms with Crippen LogP contribution in [0.1, 0.15) is 24.5 Å². The molecule has 1 aromatic carbocycles. The molecule has 0 amide bonds. The summed E-state index contributed by atoms with van der Waals surface area (Å²) in [6, 6.07) is 8.21. The summed E-state index contributed by atoms with van der Waals surface area (Å²) < 4.78 is 12.1. The number of rotatable bonds is 7. The summed E-state index contributed by atoms with van der Waals surface area (Å²) in [5.41, 5.74) is 0.984. The van der Waals surface area contributed by atoms with Crippen molar-refractivity contribution in [3.8, 4) is 11.3 Å². The third kappa shape index (κ3) is 4.10. The minimum Gasteiger partial charge on any atom is -0.441 e. The molecule has 3 aromatic rings. The van der Waals surface area contributed by atoms with E-state index in [4.69, 9.17) is 8.94 Å². The second-order valence-corrected chi connectivity index (χ2v) is 6.45. The maximum absolute atomic E-state index is 5.82. The van der Waals surface area contributed by atoms with E-state index in [0.717, 1.165) is 22.2 Å². The molecule has 1 N–H and O–H groups in total. The van der Waals surface area contributed by atoms with E-state index in [1.807, 2.05) is 31.3 Å². The summed E-state index contributed by atoms with van der Waals surface area (Å²) in [6.07, 6.45) is 3.71. The van der Waals surface area contributed by atoms with Crippen LogP contribution in [0.15, 0.2) is 43.9 Å². The van der Waals surface area contributed by atoms with Gasteiger partial charge in [-0.3, -0.25) is 0 Å². The Morgan fingerprint density at radius 2 is 2.00 bits per heavy atom. The van der Waals surface area contributed by atoms with Crippen molar-refractivity contribution in [2.45, 2.75) is 32.2 Å². The highest BCUT2D eigenvalue weighted by Gasteiger charge is 2.12.